The molecule has 1 aliphatic heterocycles. The highest BCUT2D eigenvalue weighted by Gasteiger charge is 2.23. The molecule has 2 aromatic rings. The van der Waals surface area contributed by atoms with Gasteiger partial charge in [-0.2, -0.15) is 0 Å². The molecule has 0 saturated carbocycles. The fourth-order valence-electron chi connectivity index (χ4n) is 2.77. The van der Waals surface area contributed by atoms with Crippen molar-refractivity contribution >= 4 is 24.0 Å². The molecular formula is C15H18ClF2N5O. The first kappa shape index (κ1) is 18.3. The van der Waals surface area contributed by atoms with E-state index < -0.39 is 17.5 Å². The van der Waals surface area contributed by atoms with Crippen LogP contribution in [-0.2, 0) is 0 Å². The van der Waals surface area contributed by atoms with E-state index in [9.17, 15) is 13.6 Å². The average molecular weight is 358 g/mol. The maximum Gasteiger partial charge on any atom is 0.278 e. The molecule has 1 aromatic carbocycles. The highest BCUT2D eigenvalue weighted by atomic mass is 35.5. The lowest BCUT2D eigenvalue weighted by atomic mass is 10.1. The van der Waals surface area contributed by atoms with Crippen LogP contribution in [0.2, 0.25) is 0 Å². The second kappa shape index (κ2) is 7.67. The Balaban J connectivity index is 0.00000208. The number of aromatic nitrogens is 3. The molecule has 9 heteroatoms. The monoisotopic (exact) mass is 357 g/mol. The molecule has 1 amide bonds. The molecule has 0 radical (unpaired) electrons. The molecule has 0 spiro atoms. The van der Waals surface area contributed by atoms with Gasteiger partial charge in [-0.3, -0.25) is 4.79 Å². The second-order valence-corrected chi connectivity index (χ2v) is 5.56. The molecule has 0 bridgehead atoms. The number of benzene rings is 1. The number of piperidine rings is 1. The summed E-state index contributed by atoms with van der Waals surface area (Å²) in [6.45, 7) is 3.56. The summed E-state index contributed by atoms with van der Waals surface area (Å²) in [5.74, 6) is -2.04. The maximum atomic E-state index is 13.2. The number of halogens is 3. The molecule has 2 heterocycles. The molecule has 1 saturated heterocycles. The third-order valence-corrected chi connectivity index (χ3v) is 3.92. The quantitative estimate of drug-likeness (QED) is 0.885. The first-order chi connectivity index (χ1) is 11.0. The summed E-state index contributed by atoms with van der Waals surface area (Å²) in [4.78, 5) is 12.3. The van der Waals surface area contributed by atoms with Crippen LogP contribution in [0.15, 0.2) is 18.2 Å². The summed E-state index contributed by atoms with van der Waals surface area (Å²) in [6, 6.07) is 3.05. The number of nitrogens with one attached hydrogen (secondary N) is 2. The van der Waals surface area contributed by atoms with E-state index in [2.05, 4.69) is 20.9 Å². The normalized spacial score (nSPS) is 15.0. The van der Waals surface area contributed by atoms with Crippen LogP contribution in [0.25, 0.3) is 0 Å². The summed E-state index contributed by atoms with van der Waals surface area (Å²) in [5.41, 5.74) is 0.850. The van der Waals surface area contributed by atoms with Gasteiger partial charge in [0, 0.05) is 11.8 Å². The molecule has 24 heavy (non-hydrogen) atoms. The van der Waals surface area contributed by atoms with Gasteiger partial charge in [-0.25, -0.2) is 13.5 Å². The van der Waals surface area contributed by atoms with E-state index in [1.807, 2.05) is 0 Å². The Morgan fingerprint density at radius 3 is 2.50 bits per heavy atom. The lowest BCUT2D eigenvalue weighted by molar-refractivity contribution is 0.102. The summed E-state index contributed by atoms with van der Waals surface area (Å²) in [6.07, 6.45) is 1.83. The predicted molar refractivity (Wildman–Crippen MR) is 87.5 cm³/mol. The smallest absolute Gasteiger partial charge is 0.278 e. The average Bonchev–Trinajstić information content (AvgIpc) is 2.89. The van der Waals surface area contributed by atoms with Crippen LogP contribution in [0, 0.1) is 18.6 Å². The standard InChI is InChI=1S/C15H17F2N5O.ClH/c1-9-14(20-21-22(9)13-2-4-18-5-3-13)15(23)19-12-7-10(16)6-11(17)8-12;/h6-8,13,18H,2-5H2,1H3,(H,19,23);1H. The van der Waals surface area contributed by atoms with E-state index in [-0.39, 0.29) is 29.8 Å². The van der Waals surface area contributed by atoms with Crippen molar-refractivity contribution in [3.63, 3.8) is 0 Å². The minimum atomic E-state index is -0.754. The molecule has 0 unspecified atom stereocenters. The molecule has 2 N–H and O–H groups in total. The van der Waals surface area contributed by atoms with Gasteiger partial charge in [0.1, 0.15) is 11.6 Å². The number of hydrogen-bond acceptors (Lipinski definition) is 4. The van der Waals surface area contributed by atoms with E-state index in [0.29, 0.717) is 5.69 Å². The van der Waals surface area contributed by atoms with E-state index in [4.69, 9.17) is 0 Å². The molecular weight excluding hydrogens is 340 g/mol. The van der Waals surface area contributed by atoms with Gasteiger partial charge in [0.05, 0.1) is 11.7 Å². The van der Waals surface area contributed by atoms with E-state index >= 15 is 0 Å². The van der Waals surface area contributed by atoms with Gasteiger partial charge in [0.2, 0.25) is 0 Å². The van der Waals surface area contributed by atoms with Crippen LogP contribution in [-0.4, -0.2) is 34.0 Å². The van der Waals surface area contributed by atoms with Crippen molar-refractivity contribution in [3.05, 3.63) is 41.2 Å². The highest BCUT2D eigenvalue weighted by Crippen LogP contribution is 2.21. The predicted octanol–water partition coefficient (Wildman–Crippen LogP) is 2.46. The lowest BCUT2D eigenvalue weighted by Crippen LogP contribution is -2.30. The molecule has 1 aromatic heterocycles. The second-order valence-electron chi connectivity index (χ2n) is 5.56. The van der Waals surface area contributed by atoms with Gasteiger partial charge < -0.3 is 10.6 Å². The molecule has 1 fully saturated rings. The number of amides is 1. The van der Waals surface area contributed by atoms with Crippen LogP contribution in [0.3, 0.4) is 0 Å². The maximum absolute atomic E-state index is 13.2. The van der Waals surface area contributed by atoms with Crippen molar-refractivity contribution in [3.8, 4) is 0 Å². The molecule has 0 aliphatic carbocycles. The Labute approximate surface area is 144 Å². The number of rotatable bonds is 3. The number of anilines is 1. The minimum Gasteiger partial charge on any atom is -0.320 e. The minimum absolute atomic E-state index is 0. The summed E-state index contributed by atoms with van der Waals surface area (Å²) >= 11 is 0. The van der Waals surface area contributed by atoms with Crippen LogP contribution < -0.4 is 10.6 Å². The molecule has 1 aliphatic rings. The Kier molecular flexibility index (Phi) is 5.84. The third-order valence-electron chi connectivity index (χ3n) is 3.92. The molecule has 0 atom stereocenters. The van der Waals surface area contributed by atoms with Gasteiger partial charge in [0.25, 0.3) is 5.91 Å². The van der Waals surface area contributed by atoms with Crippen LogP contribution >= 0.6 is 12.4 Å². The van der Waals surface area contributed by atoms with E-state index in [0.717, 1.165) is 44.1 Å². The third kappa shape index (κ3) is 3.88. The van der Waals surface area contributed by atoms with E-state index in [1.54, 1.807) is 11.6 Å². The van der Waals surface area contributed by atoms with E-state index in [1.165, 1.54) is 0 Å². The van der Waals surface area contributed by atoms with Gasteiger partial charge in [0.15, 0.2) is 5.69 Å². The van der Waals surface area contributed by atoms with Gasteiger partial charge in [-0.1, -0.05) is 5.21 Å². The Morgan fingerprint density at radius 1 is 1.25 bits per heavy atom. The zero-order valence-electron chi connectivity index (χ0n) is 13.1. The zero-order valence-corrected chi connectivity index (χ0v) is 13.9. The number of hydrogen-bond donors (Lipinski definition) is 2. The topological polar surface area (TPSA) is 71.8 Å². The van der Waals surface area contributed by atoms with Crippen LogP contribution in [0.1, 0.15) is 35.1 Å². The zero-order chi connectivity index (χ0) is 16.4. The van der Waals surface area contributed by atoms with Crippen molar-refractivity contribution in [2.24, 2.45) is 0 Å². The van der Waals surface area contributed by atoms with Crippen molar-refractivity contribution < 1.29 is 13.6 Å². The van der Waals surface area contributed by atoms with Gasteiger partial charge in [-0.15, -0.1) is 17.5 Å². The Morgan fingerprint density at radius 2 is 1.88 bits per heavy atom. The number of nitrogens with zero attached hydrogens (tertiary/aromatic N) is 3. The summed E-state index contributed by atoms with van der Waals surface area (Å²) in [7, 11) is 0. The van der Waals surface area contributed by atoms with Gasteiger partial charge >= 0.3 is 0 Å². The lowest BCUT2D eigenvalue weighted by Gasteiger charge is -2.23. The largest absolute Gasteiger partial charge is 0.320 e. The fourth-order valence-corrected chi connectivity index (χ4v) is 2.77. The summed E-state index contributed by atoms with van der Waals surface area (Å²) < 4.78 is 28.1. The molecule has 3 rings (SSSR count). The van der Waals surface area contributed by atoms with Crippen molar-refractivity contribution in [2.75, 3.05) is 18.4 Å². The fraction of sp³-hybridized carbons (Fsp3) is 0.400. The van der Waals surface area contributed by atoms with Crippen LogP contribution in [0.4, 0.5) is 14.5 Å². The van der Waals surface area contributed by atoms with Crippen molar-refractivity contribution in [2.45, 2.75) is 25.8 Å². The number of carbonyl (C=O) groups excluding carboxylic acids is 1. The Bertz CT molecular complexity index is 710. The number of carbonyl (C=O) groups is 1. The van der Waals surface area contributed by atoms with Crippen molar-refractivity contribution in [1.29, 1.82) is 0 Å². The Hall–Kier alpha value is -2.06. The highest BCUT2D eigenvalue weighted by molar-refractivity contribution is 6.03. The summed E-state index contributed by atoms with van der Waals surface area (Å²) in [5, 5.41) is 13.7. The van der Waals surface area contributed by atoms with Crippen LogP contribution in [0.5, 0.6) is 0 Å². The first-order valence-corrected chi connectivity index (χ1v) is 7.44. The molecule has 6 nitrogen and oxygen atoms in total. The molecule has 130 valence electrons. The first-order valence-electron chi connectivity index (χ1n) is 7.44. The SMILES string of the molecule is Cc1c(C(=O)Nc2cc(F)cc(F)c2)nnn1C1CCNCC1.Cl. The van der Waals surface area contributed by atoms with Gasteiger partial charge in [-0.05, 0) is 45.0 Å². The van der Waals surface area contributed by atoms with Crippen molar-refractivity contribution in [1.82, 2.24) is 20.3 Å².